The Balaban J connectivity index is 3.96. The van der Waals surface area contributed by atoms with Gasteiger partial charge in [0.25, 0.3) is 0 Å². The molecule has 60 valence electrons. The highest BCUT2D eigenvalue weighted by Crippen LogP contribution is 2.05. The van der Waals surface area contributed by atoms with Crippen LogP contribution in [0.2, 0.25) is 0 Å². The van der Waals surface area contributed by atoms with Gasteiger partial charge in [-0.1, -0.05) is 0 Å². The van der Waals surface area contributed by atoms with E-state index in [1.165, 1.54) is 14.0 Å². The number of methoxy groups -OCH3 is 1. The van der Waals surface area contributed by atoms with Crippen LogP contribution in [0.5, 0.6) is 0 Å². The highest BCUT2D eigenvalue weighted by molar-refractivity contribution is 5.79. The van der Waals surface area contributed by atoms with Crippen molar-refractivity contribution in [1.82, 2.24) is 0 Å². The van der Waals surface area contributed by atoms with Crippen molar-refractivity contribution < 1.29 is 14.6 Å². The monoisotopic (exact) mass is 147 g/mol. The molecule has 0 aliphatic rings. The van der Waals surface area contributed by atoms with Crippen molar-refractivity contribution in [2.75, 3.05) is 13.7 Å². The Morgan fingerprint density at radius 3 is 2.60 bits per heavy atom. The van der Waals surface area contributed by atoms with E-state index >= 15 is 0 Å². The van der Waals surface area contributed by atoms with Gasteiger partial charge in [0.2, 0.25) is 0 Å². The molecule has 4 heteroatoms. The van der Waals surface area contributed by atoms with Gasteiger partial charge in [-0.05, 0) is 13.3 Å². The van der Waals surface area contributed by atoms with Gasteiger partial charge in [0.05, 0.1) is 7.11 Å². The lowest BCUT2D eigenvalue weighted by Gasteiger charge is -2.19. The van der Waals surface area contributed by atoms with E-state index in [0.717, 1.165) is 0 Å². The van der Waals surface area contributed by atoms with Gasteiger partial charge < -0.3 is 15.6 Å². The summed E-state index contributed by atoms with van der Waals surface area (Å²) in [6.45, 7) is 1.41. The topological polar surface area (TPSA) is 72.5 Å². The summed E-state index contributed by atoms with van der Waals surface area (Å²) in [6.07, 6.45) is 0.222. The van der Waals surface area contributed by atoms with Gasteiger partial charge in [0.1, 0.15) is 5.54 Å². The number of ether oxygens (including phenoxy) is 1. The molecule has 3 N–H and O–H groups in total. The Labute approximate surface area is 60.0 Å². The molecule has 0 aromatic carbocycles. The molecule has 10 heavy (non-hydrogen) atoms. The van der Waals surface area contributed by atoms with Gasteiger partial charge in [-0.2, -0.15) is 0 Å². The third-order valence-corrected chi connectivity index (χ3v) is 1.28. The summed E-state index contributed by atoms with van der Waals surface area (Å²) in [6, 6.07) is 0. The van der Waals surface area contributed by atoms with Crippen molar-refractivity contribution in [2.45, 2.75) is 18.9 Å². The fourth-order valence-electron chi connectivity index (χ4n) is 0.567. The highest BCUT2D eigenvalue weighted by atomic mass is 16.5. The van der Waals surface area contributed by atoms with Crippen LogP contribution in [0.15, 0.2) is 0 Å². The second-order valence-corrected chi connectivity index (χ2v) is 2.38. The quantitative estimate of drug-likeness (QED) is 0.516. The van der Waals surface area contributed by atoms with Crippen LogP contribution in [0.3, 0.4) is 0 Å². The maximum absolute atomic E-state index is 10.8. The molecule has 1 atom stereocenters. The molecule has 0 saturated heterocycles. The summed E-state index contributed by atoms with van der Waals surface area (Å²) in [4.78, 5) is 10.8. The third kappa shape index (κ3) is 2.33. The first kappa shape index (κ1) is 9.39. The van der Waals surface area contributed by atoms with Gasteiger partial charge >= 0.3 is 5.97 Å². The molecule has 0 bridgehead atoms. The molecule has 0 heterocycles. The first-order chi connectivity index (χ1) is 4.54. The second kappa shape index (κ2) is 3.53. The smallest absolute Gasteiger partial charge is 0.325 e. The molecule has 0 fully saturated rings. The lowest BCUT2D eigenvalue weighted by molar-refractivity contribution is -0.146. The number of aliphatic hydroxyl groups excluding tert-OH is 1. The standard InChI is InChI=1S/C6H13NO3/c1-6(7,3-4-8)5(9)10-2/h8H,3-4,7H2,1-2H3. The molecule has 1 unspecified atom stereocenters. The molecular formula is C6H13NO3. The first-order valence-corrected chi connectivity index (χ1v) is 3.02. The SMILES string of the molecule is COC(=O)C(C)(N)CCO. The highest BCUT2D eigenvalue weighted by Gasteiger charge is 2.28. The first-order valence-electron chi connectivity index (χ1n) is 3.02. The fraction of sp³-hybridized carbons (Fsp3) is 0.833. The molecular weight excluding hydrogens is 134 g/mol. The van der Waals surface area contributed by atoms with Gasteiger partial charge in [-0.15, -0.1) is 0 Å². The summed E-state index contributed by atoms with van der Waals surface area (Å²) in [7, 11) is 1.27. The van der Waals surface area contributed by atoms with Crippen LogP contribution >= 0.6 is 0 Å². The van der Waals surface area contributed by atoms with Crippen LogP contribution in [0.25, 0.3) is 0 Å². The van der Waals surface area contributed by atoms with Gasteiger partial charge in [0.15, 0.2) is 0 Å². The van der Waals surface area contributed by atoms with Crippen LogP contribution in [0.1, 0.15) is 13.3 Å². The average molecular weight is 147 g/mol. The lowest BCUT2D eigenvalue weighted by atomic mass is 10.0. The summed E-state index contributed by atoms with van der Waals surface area (Å²) >= 11 is 0. The molecule has 0 spiro atoms. The maximum Gasteiger partial charge on any atom is 0.325 e. The summed E-state index contributed by atoms with van der Waals surface area (Å²) in [5.74, 6) is -0.499. The van der Waals surface area contributed by atoms with Crippen molar-refractivity contribution in [3.05, 3.63) is 0 Å². The predicted molar refractivity (Wildman–Crippen MR) is 36.3 cm³/mol. The lowest BCUT2D eigenvalue weighted by Crippen LogP contribution is -2.46. The van der Waals surface area contributed by atoms with Crippen LogP contribution < -0.4 is 5.73 Å². The number of carbonyl (C=O) groups is 1. The van der Waals surface area contributed by atoms with Crippen molar-refractivity contribution in [3.63, 3.8) is 0 Å². The number of carbonyl (C=O) groups excluding carboxylic acids is 1. The third-order valence-electron chi connectivity index (χ3n) is 1.28. The average Bonchev–Trinajstić information content (AvgIpc) is 1.86. The summed E-state index contributed by atoms with van der Waals surface area (Å²) < 4.78 is 4.39. The fourth-order valence-corrected chi connectivity index (χ4v) is 0.567. The Kier molecular flexibility index (Phi) is 3.32. The van der Waals surface area contributed by atoms with E-state index in [9.17, 15) is 4.79 Å². The zero-order valence-electron chi connectivity index (χ0n) is 6.26. The second-order valence-electron chi connectivity index (χ2n) is 2.38. The minimum atomic E-state index is -1.05. The van der Waals surface area contributed by atoms with Crippen LogP contribution in [0, 0.1) is 0 Å². The molecule has 4 nitrogen and oxygen atoms in total. The molecule has 0 aromatic heterocycles. The van der Waals surface area contributed by atoms with Gasteiger partial charge in [0, 0.05) is 6.61 Å². The number of esters is 1. The van der Waals surface area contributed by atoms with Crippen molar-refractivity contribution >= 4 is 5.97 Å². The largest absolute Gasteiger partial charge is 0.468 e. The predicted octanol–water partition coefficient (Wildman–Crippen LogP) is -0.741. The normalized spacial score (nSPS) is 16.0. The number of hydrogen-bond acceptors (Lipinski definition) is 4. The molecule has 0 saturated carbocycles. The molecule has 0 rings (SSSR count). The van der Waals surface area contributed by atoms with Gasteiger partial charge in [-0.3, -0.25) is 4.79 Å². The van der Waals surface area contributed by atoms with E-state index in [1.807, 2.05) is 0 Å². The maximum atomic E-state index is 10.8. The molecule has 0 aliphatic carbocycles. The number of aliphatic hydroxyl groups is 1. The molecule has 0 radical (unpaired) electrons. The van der Waals surface area contributed by atoms with Gasteiger partial charge in [-0.25, -0.2) is 0 Å². The van der Waals surface area contributed by atoms with Crippen LogP contribution in [-0.4, -0.2) is 30.3 Å². The van der Waals surface area contributed by atoms with E-state index in [-0.39, 0.29) is 13.0 Å². The summed E-state index contributed by atoms with van der Waals surface area (Å²) in [5.41, 5.74) is 4.39. The van der Waals surface area contributed by atoms with E-state index in [2.05, 4.69) is 4.74 Å². The molecule has 0 aromatic rings. The minimum absolute atomic E-state index is 0.109. The van der Waals surface area contributed by atoms with Crippen molar-refractivity contribution in [1.29, 1.82) is 0 Å². The minimum Gasteiger partial charge on any atom is -0.468 e. The number of hydrogen-bond donors (Lipinski definition) is 2. The Bertz CT molecular complexity index is 122. The Morgan fingerprint density at radius 2 is 2.30 bits per heavy atom. The Morgan fingerprint density at radius 1 is 1.80 bits per heavy atom. The number of rotatable bonds is 3. The van der Waals surface area contributed by atoms with Crippen LogP contribution in [-0.2, 0) is 9.53 Å². The van der Waals surface area contributed by atoms with E-state index < -0.39 is 11.5 Å². The zero-order valence-corrected chi connectivity index (χ0v) is 6.26. The van der Waals surface area contributed by atoms with Crippen molar-refractivity contribution in [2.24, 2.45) is 5.73 Å². The van der Waals surface area contributed by atoms with E-state index in [1.54, 1.807) is 0 Å². The summed E-state index contributed by atoms with van der Waals surface area (Å²) in [5, 5.41) is 8.46. The van der Waals surface area contributed by atoms with Crippen LogP contribution in [0.4, 0.5) is 0 Å². The molecule has 0 amide bonds. The van der Waals surface area contributed by atoms with E-state index in [0.29, 0.717) is 0 Å². The Hall–Kier alpha value is -0.610. The van der Waals surface area contributed by atoms with E-state index in [4.69, 9.17) is 10.8 Å². The van der Waals surface area contributed by atoms with Crippen molar-refractivity contribution in [3.8, 4) is 0 Å². The molecule has 0 aliphatic heterocycles. The number of nitrogens with two attached hydrogens (primary N) is 1. The zero-order chi connectivity index (χ0) is 8.20.